The molecule has 0 heterocycles. The molecule has 0 saturated carbocycles. The van der Waals surface area contributed by atoms with Crippen molar-refractivity contribution in [3.8, 4) is 0 Å². The number of carbonyl (C=O) groups excluding carboxylic acids is 2. The quantitative estimate of drug-likeness (QED) is 0.0195. The van der Waals surface area contributed by atoms with Crippen LogP contribution in [0, 0.1) is 0 Å². The molecule has 0 rings (SSSR count). The molecule has 0 spiro atoms. The molecule has 0 aromatic heterocycles. The molecule has 1 unspecified atom stereocenters. The van der Waals surface area contributed by atoms with Crippen molar-refractivity contribution in [2.75, 3.05) is 47.5 Å². The lowest BCUT2D eigenvalue weighted by molar-refractivity contribution is -0.870. The van der Waals surface area contributed by atoms with E-state index in [4.69, 9.17) is 18.5 Å². The van der Waals surface area contributed by atoms with E-state index in [2.05, 4.69) is 26.0 Å². The minimum Gasteiger partial charge on any atom is -0.756 e. The highest BCUT2D eigenvalue weighted by molar-refractivity contribution is 7.45. The number of allylic oxidation sites excluding steroid dienone is 2. The molecule has 0 N–H and O–H groups in total. The summed E-state index contributed by atoms with van der Waals surface area (Å²) in [6.45, 7) is 4.27. The number of esters is 2. The van der Waals surface area contributed by atoms with Crippen molar-refractivity contribution in [2.24, 2.45) is 0 Å². The van der Waals surface area contributed by atoms with Gasteiger partial charge in [-0.15, -0.1) is 0 Å². The molecule has 2 atom stereocenters. The predicted molar refractivity (Wildman–Crippen MR) is 250 cm³/mol. The van der Waals surface area contributed by atoms with Crippen LogP contribution >= 0.6 is 7.82 Å². The van der Waals surface area contributed by atoms with E-state index in [1.807, 2.05) is 21.1 Å². The van der Waals surface area contributed by atoms with Gasteiger partial charge in [-0.3, -0.25) is 14.2 Å². The number of phosphoric acid groups is 1. The number of rotatable bonds is 47. The van der Waals surface area contributed by atoms with Crippen molar-refractivity contribution in [3.05, 3.63) is 12.2 Å². The third kappa shape index (κ3) is 46.3. The van der Waals surface area contributed by atoms with Crippen LogP contribution in [-0.4, -0.2) is 70.0 Å². The summed E-state index contributed by atoms with van der Waals surface area (Å²) in [7, 11) is 1.18. The van der Waals surface area contributed by atoms with Gasteiger partial charge in [-0.05, 0) is 38.5 Å². The Bertz CT molecular complexity index is 1030. The van der Waals surface area contributed by atoms with Gasteiger partial charge in [0.15, 0.2) is 6.10 Å². The summed E-state index contributed by atoms with van der Waals surface area (Å²) in [6, 6.07) is 0. The Kier molecular flexibility index (Phi) is 42.1. The molecule has 0 saturated heterocycles. The lowest BCUT2D eigenvalue weighted by Gasteiger charge is -2.28. The van der Waals surface area contributed by atoms with Gasteiger partial charge in [0.05, 0.1) is 27.7 Å². The van der Waals surface area contributed by atoms with Crippen molar-refractivity contribution in [1.82, 2.24) is 0 Å². The zero-order chi connectivity index (χ0) is 44.3. The number of unbranched alkanes of at least 4 members (excludes halogenated alkanes) is 31. The Balaban J connectivity index is 4.23. The van der Waals surface area contributed by atoms with Crippen LogP contribution in [-0.2, 0) is 32.7 Å². The Morgan fingerprint density at radius 1 is 0.500 bits per heavy atom. The highest BCUT2D eigenvalue weighted by Crippen LogP contribution is 2.38. The summed E-state index contributed by atoms with van der Waals surface area (Å²) in [5, 5.41) is 0. The third-order valence-corrected chi connectivity index (χ3v) is 12.2. The SMILES string of the molecule is CCCCCCCC/C=C/CCCCCCCCCCCC(=O)OC[C@H](COP(=O)([O-])OCC[N+](C)(C)C)OC(=O)CCCCCCCCCCCCCCCCCCC. The molecular weight excluding hydrogens is 774 g/mol. The molecular formula is C50H98NO8P. The summed E-state index contributed by atoms with van der Waals surface area (Å²) in [5.74, 6) is -0.822. The van der Waals surface area contributed by atoms with E-state index in [-0.39, 0.29) is 32.0 Å². The lowest BCUT2D eigenvalue weighted by atomic mass is 10.0. The molecule has 0 aliphatic rings. The fourth-order valence-electron chi connectivity index (χ4n) is 7.30. The first-order valence-electron chi connectivity index (χ1n) is 25.4. The first-order valence-corrected chi connectivity index (χ1v) is 26.9. The third-order valence-electron chi connectivity index (χ3n) is 11.3. The average molecular weight is 872 g/mol. The Morgan fingerprint density at radius 3 is 1.23 bits per heavy atom. The second-order valence-corrected chi connectivity index (χ2v) is 20.0. The number of ether oxygens (including phenoxy) is 2. The maximum Gasteiger partial charge on any atom is 0.306 e. The maximum absolute atomic E-state index is 12.7. The van der Waals surface area contributed by atoms with Gasteiger partial charge in [-0.2, -0.15) is 0 Å². The van der Waals surface area contributed by atoms with Crippen LogP contribution in [0.1, 0.15) is 245 Å². The highest BCUT2D eigenvalue weighted by atomic mass is 31.2. The van der Waals surface area contributed by atoms with Crippen LogP contribution in [0.3, 0.4) is 0 Å². The summed E-state index contributed by atoms with van der Waals surface area (Å²) in [4.78, 5) is 37.7. The summed E-state index contributed by atoms with van der Waals surface area (Å²) in [6.07, 6.45) is 46.6. The van der Waals surface area contributed by atoms with Gasteiger partial charge >= 0.3 is 11.9 Å². The van der Waals surface area contributed by atoms with Crippen LogP contribution in [0.5, 0.6) is 0 Å². The normalized spacial score (nSPS) is 13.5. The van der Waals surface area contributed by atoms with Crippen LogP contribution in [0.15, 0.2) is 12.2 Å². The average Bonchev–Trinajstić information content (AvgIpc) is 3.20. The van der Waals surface area contributed by atoms with Crippen molar-refractivity contribution in [1.29, 1.82) is 0 Å². The number of carbonyl (C=O) groups is 2. The largest absolute Gasteiger partial charge is 0.756 e. The number of likely N-dealkylation sites (N-methyl/N-ethyl adjacent to an activating group) is 1. The molecule has 0 aliphatic heterocycles. The second-order valence-electron chi connectivity index (χ2n) is 18.5. The fourth-order valence-corrected chi connectivity index (χ4v) is 8.03. The molecule has 60 heavy (non-hydrogen) atoms. The van der Waals surface area contributed by atoms with Gasteiger partial charge in [0, 0.05) is 12.8 Å². The number of phosphoric ester groups is 1. The number of hydrogen-bond donors (Lipinski definition) is 0. The van der Waals surface area contributed by atoms with Crippen LogP contribution in [0.25, 0.3) is 0 Å². The zero-order valence-corrected chi connectivity index (χ0v) is 41.1. The van der Waals surface area contributed by atoms with Crippen molar-refractivity contribution in [2.45, 2.75) is 251 Å². The van der Waals surface area contributed by atoms with E-state index in [1.54, 1.807) is 0 Å². The maximum atomic E-state index is 12.7. The molecule has 0 aliphatic carbocycles. The van der Waals surface area contributed by atoms with Crippen molar-refractivity contribution in [3.63, 3.8) is 0 Å². The first-order chi connectivity index (χ1) is 29.0. The summed E-state index contributed by atoms with van der Waals surface area (Å²) < 4.78 is 34.0. The summed E-state index contributed by atoms with van der Waals surface area (Å²) >= 11 is 0. The minimum atomic E-state index is -4.62. The van der Waals surface area contributed by atoms with Crippen molar-refractivity contribution < 1.29 is 42.1 Å². The van der Waals surface area contributed by atoms with Gasteiger partial charge in [0.1, 0.15) is 19.8 Å². The Morgan fingerprint density at radius 2 is 0.850 bits per heavy atom. The topological polar surface area (TPSA) is 111 Å². The second kappa shape index (κ2) is 43.0. The van der Waals surface area contributed by atoms with Gasteiger partial charge in [0.2, 0.25) is 0 Å². The molecule has 10 heteroatoms. The Labute approximate surface area is 371 Å². The predicted octanol–water partition coefficient (Wildman–Crippen LogP) is 14.3. The van der Waals surface area contributed by atoms with E-state index in [0.29, 0.717) is 17.4 Å². The molecule has 0 aromatic carbocycles. The van der Waals surface area contributed by atoms with E-state index < -0.39 is 26.5 Å². The van der Waals surface area contributed by atoms with Gasteiger partial charge in [0.25, 0.3) is 7.82 Å². The smallest absolute Gasteiger partial charge is 0.306 e. The minimum absolute atomic E-state index is 0.0275. The Hall–Kier alpha value is -1.25. The highest BCUT2D eigenvalue weighted by Gasteiger charge is 2.21. The van der Waals surface area contributed by atoms with Crippen LogP contribution in [0.2, 0.25) is 0 Å². The van der Waals surface area contributed by atoms with Gasteiger partial charge < -0.3 is 27.9 Å². The van der Waals surface area contributed by atoms with Crippen LogP contribution in [0.4, 0.5) is 0 Å². The van der Waals surface area contributed by atoms with Gasteiger partial charge in [-0.25, -0.2) is 0 Å². The van der Waals surface area contributed by atoms with Crippen molar-refractivity contribution >= 4 is 19.8 Å². The van der Waals surface area contributed by atoms with E-state index in [0.717, 1.165) is 32.1 Å². The van der Waals surface area contributed by atoms with E-state index in [9.17, 15) is 19.0 Å². The monoisotopic (exact) mass is 872 g/mol. The number of nitrogens with zero attached hydrogens (tertiary/aromatic N) is 1. The molecule has 0 radical (unpaired) electrons. The summed E-state index contributed by atoms with van der Waals surface area (Å²) in [5.41, 5.74) is 0. The molecule has 0 amide bonds. The first kappa shape index (κ1) is 58.8. The number of hydrogen-bond acceptors (Lipinski definition) is 8. The molecule has 0 aromatic rings. The lowest BCUT2D eigenvalue weighted by Crippen LogP contribution is -2.37. The van der Waals surface area contributed by atoms with E-state index >= 15 is 0 Å². The van der Waals surface area contributed by atoms with Gasteiger partial charge in [-0.1, -0.05) is 206 Å². The standard InChI is InChI=1S/C50H98NO8P/c1-6-8-10-12-14-16-18-20-22-24-25-27-28-30-32-34-36-38-40-42-49(52)56-46-48(47-58-60(54,55)57-45-44-51(3,4)5)59-50(53)43-41-39-37-35-33-31-29-26-23-21-19-17-15-13-11-9-7-2/h20,22,48H,6-19,21,23-47H2,1-5H3/b22-20+/t48-/m1/s1. The molecule has 9 nitrogen and oxygen atoms in total. The van der Waals surface area contributed by atoms with E-state index in [1.165, 1.54) is 180 Å². The molecule has 0 fully saturated rings. The zero-order valence-electron chi connectivity index (χ0n) is 40.2. The van der Waals surface area contributed by atoms with Crippen LogP contribution < -0.4 is 4.89 Å². The molecule has 0 bridgehead atoms. The number of quaternary nitrogens is 1. The molecule has 356 valence electrons. The fraction of sp³-hybridized carbons (Fsp3) is 0.920.